The molecule has 0 aliphatic carbocycles. The molecule has 3 unspecified atom stereocenters. The molecule has 0 aliphatic rings. The molecule has 0 rings (SSSR count). The second kappa shape index (κ2) is 55.5. The van der Waals surface area contributed by atoms with Gasteiger partial charge in [-0.05, 0) is 64.2 Å². The molecular weight excluding hydrogens is 839 g/mol. The van der Waals surface area contributed by atoms with Gasteiger partial charge in [0.05, 0.1) is 25.2 Å². The van der Waals surface area contributed by atoms with Gasteiger partial charge in [-0.15, -0.1) is 0 Å². The van der Waals surface area contributed by atoms with Crippen LogP contribution >= 0.6 is 0 Å². The summed E-state index contributed by atoms with van der Waals surface area (Å²) in [6.45, 7) is 6.38. The van der Waals surface area contributed by atoms with Crippen LogP contribution in [0.2, 0.25) is 0 Å². The first-order chi connectivity index (χ1) is 33.5. The van der Waals surface area contributed by atoms with Gasteiger partial charge in [-0.1, -0.05) is 281 Å². The Morgan fingerprint density at radius 3 is 1.18 bits per heavy atom. The predicted molar refractivity (Wildman–Crippen MR) is 296 cm³/mol. The largest absolute Gasteiger partial charge is 0.462 e. The summed E-state index contributed by atoms with van der Waals surface area (Å²) in [6.07, 6.45) is 70.1. The van der Waals surface area contributed by atoms with Crippen molar-refractivity contribution in [2.75, 3.05) is 6.61 Å². The van der Waals surface area contributed by atoms with E-state index in [2.05, 4.69) is 86.8 Å². The summed E-state index contributed by atoms with van der Waals surface area (Å²) in [5, 5.41) is 23.9. The minimum atomic E-state index is -0.803. The van der Waals surface area contributed by atoms with Gasteiger partial charge in [0.2, 0.25) is 5.91 Å². The van der Waals surface area contributed by atoms with Crippen molar-refractivity contribution >= 4 is 11.9 Å². The third-order valence-corrected chi connectivity index (χ3v) is 13.4. The number of carbonyl (C=O) groups excluding carboxylic acids is 2. The Labute approximate surface area is 422 Å². The van der Waals surface area contributed by atoms with Crippen LogP contribution in [-0.4, -0.2) is 46.9 Å². The van der Waals surface area contributed by atoms with Gasteiger partial charge in [-0.25, -0.2) is 0 Å². The minimum Gasteiger partial charge on any atom is -0.462 e. The van der Waals surface area contributed by atoms with Crippen molar-refractivity contribution in [3.63, 3.8) is 0 Å². The SMILES string of the molecule is CC/C=C\C/C=C\C/C=C\C/C=C\C/C=C\CCCC(CC(=O)NC(CO)C(O)CCCCCCCCCCCCCCC)OC(=O)CCCCCCCCCCCCCCCCCCCCC. The lowest BCUT2D eigenvalue weighted by atomic mass is 10.0. The van der Waals surface area contributed by atoms with Crippen LogP contribution in [0.5, 0.6) is 0 Å². The summed E-state index contributed by atoms with van der Waals surface area (Å²) in [5.74, 6) is -0.518. The van der Waals surface area contributed by atoms with E-state index in [1.165, 1.54) is 167 Å². The minimum absolute atomic E-state index is 0.0402. The van der Waals surface area contributed by atoms with Crippen LogP contribution in [0.1, 0.15) is 297 Å². The number of unbranched alkanes of at least 4 members (excludes halogenated alkanes) is 31. The van der Waals surface area contributed by atoms with E-state index in [1.807, 2.05) is 0 Å². The van der Waals surface area contributed by atoms with Gasteiger partial charge in [0, 0.05) is 6.42 Å². The van der Waals surface area contributed by atoms with Crippen molar-refractivity contribution in [1.29, 1.82) is 0 Å². The molecule has 0 radical (unpaired) electrons. The Morgan fingerprint density at radius 1 is 0.441 bits per heavy atom. The second-order valence-corrected chi connectivity index (χ2v) is 20.0. The average molecular weight is 953 g/mol. The van der Waals surface area contributed by atoms with Gasteiger partial charge < -0.3 is 20.3 Å². The molecule has 0 spiro atoms. The van der Waals surface area contributed by atoms with E-state index in [0.717, 1.165) is 83.5 Å². The molecule has 0 aromatic heterocycles. The van der Waals surface area contributed by atoms with E-state index in [9.17, 15) is 19.8 Å². The van der Waals surface area contributed by atoms with E-state index in [-0.39, 0.29) is 24.9 Å². The number of allylic oxidation sites excluding steroid dienone is 10. The van der Waals surface area contributed by atoms with Crippen molar-refractivity contribution in [2.45, 2.75) is 315 Å². The fourth-order valence-corrected chi connectivity index (χ4v) is 8.94. The Bertz CT molecular complexity index is 1210. The summed E-state index contributed by atoms with van der Waals surface area (Å²) >= 11 is 0. The van der Waals surface area contributed by atoms with Crippen LogP contribution in [0, 0.1) is 0 Å². The fourth-order valence-electron chi connectivity index (χ4n) is 8.94. The lowest BCUT2D eigenvalue weighted by Gasteiger charge is -2.24. The molecule has 68 heavy (non-hydrogen) atoms. The molecule has 0 aliphatic heterocycles. The Balaban J connectivity index is 4.61. The number of rotatable bonds is 53. The molecule has 6 nitrogen and oxygen atoms in total. The van der Waals surface area contributed by atoms with Crippen LogP contribution in [0.25, 0.3) is 0 Å². The van der Waals surface area contributed by atoms with Gasteiger partial charge in [0.25, 0.3) is 0 Å². The summed E-state index contributed by atoms with van der Waals surface area (Å²) in [6, 6.07) is -0.720. The summed E-state index contributed by atoms with van der Waals surface area (Å²) in [5.41, 5.74) is 0. The molecule has 3 N–H and O–H groups in total. The van der Waals surface area contributed by atoms with Gasteiger partial charge in [0.15, 0.2) is 0 Å². The fraction of sp³-hybridized carbons (Fsp3) is 0.806. The standard InChI is InChI=1S/C62H113NO5/c1-4-7-10-13-16-19-22-25-27-29-30-32-34-37-40-43-46-49-52-55-62(67)68-58(53-50-47-44-41-38-36-33-31-28-26-23-20-17-14-11-8-5-2)56-61(66)63-59(57-64)60(65)54-51-48-45-42-39-35-24-21-18-15-12-9-6-3/h8,11,17,20,26,28,33,36,41,44,58-60,64-65H,4-7,9-10,12-16,18-19,21-25,27,29-32,34-35,37-40,42-43,45-57H2,1-3H3,(H,63,66)/b11-8-,20-17-,28-26-,36-33-,44-41-. The number of hydrogen-bond donors (Lipinski definition) is 3. The van der Waals surface area contributed by atoms with Crippen LogP contribution in [0.3, 0.4) is 0 Å². The van der Waals surface area contributed by atoms with Crippen molar-refractivity contribution in [3.05, 3.63) is 60.8 Å². The van der Waals surface area contributed by atoms with Crippen molar-refractivity contribution < 1.29 is 24.5 Å². The van der Waals surface area contributed by atoms with Gasteiger partial charge in [0.1, 0.15) is 6.10 Å². The number of hydrogen-bond acceptors (Lipinski definition) is 5. The first kappa shape index (κ1) is 65.6. The molecule has 6 heteroatoms. The number of carbonyl (C=O) groups is 2. The third kappa shape index (κ3) is 50.0. The zero-order valence-corrected chi connectivity index (χ0v) is 45.2. The zero-order valence-electron chi connectivity index (χ0n) is 45.2. The quantitative estimate of drug-likeness (QED) is 0.0321. The van der Waals surface area contributed by atoms with Crippen molar-refractivity contribution in [1.82, 2.24) is 5.32 Å². The average Bonchev–Trinajstić information content (AvgIpc) is 3.33. The Morgan fingerprint density at radius 2 is 0.794 bits per heavy atom. The number of ether oxygens (including phenoxy) is 1. The van der Waals surface area contributed by atoms with E-state index >= 15 is 0 Å². The molecule has 0 bridgehead atoms. The van der Waals surface area contributed by atoms with Gasteiger partial charge in [-0.3, -0.25) is 9.59 Å². The Kier molecular flexibility index (Phi) is 53.5. The maximum Gasteiger partial charge on any atom is 0.306 e. The predicted octanol–water partition coefficient (Wildman–Crippen LogP) is 18.4. The first-order valence-corrected chi connectivity index (χ1v) is 29.5. The van der Waals surface area contributed by atoms with Crippen LogP contribution in [0.15, 0.2) is 60.8 Å². The molecule has 0 saturated heterocycles. The summed E-state index contributed by atoms with van der Waals surface area (Å²) < 4.78 is 5.94. The normalized spacial score (nSPS) is 13.5. The number of amides is 1. The van der Waals surface area contributed by atoms with Gasteiger partial charge in [-0.2, -0.15) is 0 Å². The van der Waals surface area contributed by atoms with E-state index in [4.69, 9.17) is 4.74 Å². The highest BCUT2D eigenvalue weighted by Gasteiger charge is 2.24. The molecule has 0 saturated carbocycles. The van der Waals surface area contributed by atoms with Crippen molar-refractivity contribution in [3.8, 4) is 0 Å². The molecule has 0 heterocycles. The van der Waals surface area contributed by atoms with E-state index in [0.29, 0.717) is 19.3 Å². The lowest BCUT2D eigenvalue weighted by molar-refractivity contribution is -0.151. The zero-order chi connectivity index (χ0) is 49.5. The third-order valence-electron chi connectivity index (χ3n) is 13.4. The van der Waals surface area contributed by atoms with Crippen LogP contribution < -0.4 is 5.32 Å². The second-order valence-electron chi connectivity index (χ2n) is 20.0. The highest BCUT2D eigenvalue weighted by molar-refractivity contribution is 5.77. The molecule has 0 aromatic carbocycles. The highest BCUT2D eigenvalue weighted by Crippen LogP contribution is 2.18. The molecule has 3 atom stereocenters. The van der Waals surface area contributed by atoms with Crippen LogP contribution in [0.4, 0.5) is 0 Å². The van der Waals surface area contributed by atoms with E-state index < -0.39 is 18.2 Å². The number of aliphatic hydroxyl groups is 2. The summed E-state index contributed by atoms with van der Waals surface area (Å²) in [4.78, 5) is 26.3. The Hall–Kier alpha value is -2.44. The molecule has 0 fully saturated rings. The first-order valence-electron chi connectivity index (χ1n) is 29.5. The smallest absolute Gasteiger partial charge is 0.306 e. The number of nitrogens with one attached hydrogen (secondary N) is 1. The topological polar surface area (TPSA) is 95.9 Å². The maximum atomic E-state index is 13.3. The maximum absolute atomic E-state index is 13.3. The van der Waals surface area contributed by atoms with Crippen LogP contribution in [-0.2, 0) is 14.3 Å². The van der Waals surface area contributed by atoms with Gasteiger partial charge >= 0.3 is 5.97 Å². The monoisotopic (exact) mass is 952 g/mol. The highest BCUT2D eigenvalue weighted by atomic mass is 16.5. The molecular formula is C62H113NO5. The molecule has 1 amide bonds. The molecule has 0 aromatic rings. The summed E-state index contributed by atoms with van der Waals surface area (Å²) in [7, 11) is 0. The molecule has 396 valence electrons. The van der Waals surface area contributed by atoms with Crippen molar-refractivity contribution in [2.24, 2.45) is 0 Å². The van der Waals surface area contributed by atoms with E-state index in [1.54, 1.807) is 0 Å². The number of aliphatic hydroxyl groups excluding tert-OH is 2. The lowest BCUT2D eigenvalue weighted by Crippen LogP contribution is -2.46. The number of esters is 1.